The van der Waals surface area contributed by atoms with Gasteiger partial charge in [-0.3, -0.25) is 9.59 Å². The third-order valence-corrected chi connectivity index (χ3v) is 3.92. The van der Waals surface area contributed by atoms with Gasteiger partial charge in [0.15, 0.2) is 5.52 Å². The number of benzene rings is 1. The number of carbonyl (C=O) groups excluding carboxylic acids is 1. The molecule has 7 heteroatoms. The third kappa shape index (κ3) is 2.68. The van der Waals surface area contributed by atoms with Crippen LogP contribution in [0.4, 0.5) is 5.69 Å². The number of carbonyl (C=O) groups is 1. The van der Waals surface area contributed by atoms with E-state index in [1.165, 1.54) is 0 Å². The Morgan fingerprint density at radius 1 is 1.29 bits per heavy atom. The number of nitrogens with zero attached hydrogens (tertiary/aromatic N) is 3. The first-order valence-electron chi connectivity index (χ1n) is 7.61. The summed E-state index contributed by atoms with van der Waals surface area (Å²) in [5.41, 5.74) is 2.05. The first kappa shape index (κ1) is 15.9. The highest BCUT2D eigenvalue weighted by atomic mass is 16.5. The van der Waals surface area contributed by atoms with Gasteiger partial charge in [-0.1, -0.05) is 17.3 Å². The van der Waals surface area contributed by atoms with Crippen molar-refractivity contribution in [3.05, 3.63) is 51.6 Å². The summed E-state index contributed by atoms with van der Waals surface area (Å²) in [6, 6.07) is 6.67. The van der Waals surface area contributed by atoms with E-state index in [2.05, 4.69) is 15.6 Å². The van der Waals surface area contributed by atoms with E-state index in [0.717, 1.165) is 10.2 Å². The minimum Gasteiger partial charge on any atom is -0.360 e. The predicted molar refractivity (Wildman–Crippen MR) is 90.1 cm³/mol. The van der Waals surface area contributed by atoms with Crippen LogP contribution in [0.5, 0.6) is 0 Å². The number of hydrogen-bond donors (Lipinski definition) is 1. The van der Waals surface area contributed by atoms with E-state index in [1.807, 2.05) is 25.1 Å². The molecule has 2 aromatic heterocycles. The zero-order chi connectivity index (χ0) is 17.4. The van der Waals surface area contributed by atoms with Crippen molar-refractivity contribution < 1.29 is 9.32 Å². The summed E-state index contributed by atoms with van der Waals surface area (Å²) in [6.45, 7) is 7.04. The molecule has 3 aromatic rings. The average molecular weight is 326 g/mol. The number of nitrogens with one attached hydrogen (secondary N) is 1. The molecule has 24 heavy (non-hydrogen) atoms. The van der Waals surface area contributed by atoms with E-state index < -0.39 is 11.6 Å². The molecule has 0 fully saturated rings. The normalized spacial score (nSPS) is 12.3. The molecule has 1 atom stereocenters. The Bertz CT molecular complexity index is 987. The van der Waals surface area contributed by atoms with Crippen LogP contribution in [0.15, 0.2) is 33.6 Å². The van der Waals surface area contributed by atoms with Crippen LogP contribution in [0.3, 0.4) is 0 Å². The summed E-state index contributed by atoms with van der Waals surface area (Å²) in [5.74, 6) is 0.213. The van der Waals surface area contributed by atoms with Gasteiger partial charge in [-0.25, -0.2) is 4.68 Å². The number of amides is 1. The van der Waals surface area contributed by atoms with Crippen LogP contribution >= 0.6 is 0 Å². The molecule has 0 spiro atoms. The van der Waals surface area contributed by atoms with Crippen LogP contribution in [0.2, 0.25) is 0 Å². The van der Waals surface area contributed by atoms with Crippen molar-refractivity contribution in [1.29, 1.82) is 0 Å². The molecule has 7 nitrogen and oxygen atoms in total. The lowest BCUT2D eigenvalue weighted by Crippen LogP contribution is -2.34. The van der Waals surface area contributed by atoms with Gasteiger partial charge in [0.25, 0.3) is 5.56 Å². The summed E-state index contributed by atoms with van der Waals surface area (Å²) in [4.78, 5) is 25.0. The van der Waals surface area contributed by atoms with Crippen LogP contribution in [0, 0.1) is 20.8 Å². The standard InChI is InChI=1S/C17H18N4O3/c1-9-6-5-7-13(8-9)18-16(22)11(3)21-17(23)15-14(10(2)19-21)12(4)24-20-15/h5-8,11H,1-4H3,(H,18,22)/t11-/m1/s1. The fraction of sp³-hybridized carbons (Fsp3) is 0.294. The van der Waals surface area contributed by atoms with Crippen LogP contribution in [-0.4, -0.2) is 20.8 Å². The lowest BCUT2D eigenvalue weighted by atomic mass is 10.2. The molecule has 0 aliphatic heterocycles. The van der Waals surface area contributed by atoms with Gasteiger partial charge < -0.3 is 9.84 Å². The maximum absolute atomic E-state index is 12.5. The lowest BCUT2D eigenvalue weighted by molar-refractivity contribution is -0.119. The maximum Gasteiger partial charge on any atom is 0.297 e. The summed E-state index contributed by atoms with van der Waals surface area (Å²) in [7, 11) is 0. The van der Waals surface area contributed by atoms with E-state index in [0.29, 0.717) is 22.5 Å². The SMILES string of the molecule is Cc1cccc(NC(=O)[C@@H](C)n2nc(C)c3c(C)onc3c2=O)c1. The maximum atomic E-state index is 12.5. The summed E-state index contributed by atoms with van der Waals surface area (Å²) in [6.07, 6.45) is 0. The van der Waals surface area contributed by atoms with Crippen LogP contribution in [0.1, 0.15) is 30.0 Å². The van der Waals surface area contributed by atoms with Gasteiger partial charge in [-0.15, -0.1) is 0 Å². The quantitative estimate of drug-likeness (QED) is 0.798. The van der Waals surface area contributed by atoms with Crippen LogP contribution in [-0.2, 0) is 4.79 Å². The second-order valence-corrected chi connectivity index (χ2v) is 5.83. The van der Waals surface area contributed by atoms with Crippen molar-refractivity contribution in [1.82, 2.24) is 14.9 Å². The van der Waals surface area contributed by atoms with E-state index in [4.69, 9.17) is 4.52 Å². The Labute approximate surface area is 138 Å². The fourth-order valence-corrected chi connectivity index (χ4v) is 2.65. The monoisotopic (exact) mass is 326 g/mol. The highest BCUT2D eigenvalue weighted by molar-refractivity contribution is 5.93. The number of fused-ring (bicyclic) bond motifs is 1. The van der Waals surface area contributed by atoms with Gasteiger partial charge in [0.05, 0.1) is 11.1 Å². The first-order valence-corrected chi connectivity index (χ1v) is 7.61. The Morgan fingerprint density at radius 3 is 2.75 bits per heavy atom. The van der Waals surface area contributed by atoms with Crippen molar-refractivity contribution >= 4 is 22.5 Å². The molecule has 0 unspecified atom stereocenters. The van der Waals surface area contributed by atoms with Crippen LogP contribution < -0.4 is 10.9 Å². The predicted octanol–water partition coefficient (Wildman–Crippen LogP) is 2.51. The Balaban J connectivity index is 1.96. The average Bonchev–Trinajstić information content (AvgIpc) is 2.93. The van der Waals surface area contributed by atoms with Gasteiger partial charge in [-0.05, 0) is 45.4 Å². The van der Waals surface area contributed by atoms with Crippen molar-refractivity contribution in [2.24, 2.45) is 0 Å². The number of hydrogen-bond acceptors (Lipinski definition) is 5. The summed E-state index contributed by atoms with van der Waals surface area (Å²) >= 11 is 0. The number of anilines is 1. The van der Waals surface area contributed by atoms with Crippen molar-refractivity contribution in [3.8, 4) is 0 Å². The minimum absolute atomic E-state index is 0.190. The van der Waals surface area contributed by atoms with Crippen molar-refractivity contribution in [2.75, 3.05) is 5.32 Å². The Morgan fingerprint density at radius 2 is 2.04 bits per heavy atom. The molecular formula is C17H18N4O3. The van der Waals surface area contributed by atoms with Gasteiger partial charge in [0.1, 0.15) is 11.8 Å². The van der Waals surface area contributed by atoms with Gasteiger partial charge >= 0.3 is 0 Å². The molecule has 0 aliphatic rings. The molecule has 124 valence electrons. The zero-order valence-corrected chi connectivity index (χ0v) is 14.0. The largest absolute Gasteiger partial charge is 0.360 e. The topological polar surface area (TPSA) is 90.0 Å². The molecule has 1 amide bonds. The molecule has 1 aromatic carbocycles. The smallest absolute Gasteiger partial charge is 0.297 e. The fourth-order valence-electron chi connectivity index (χ4n) is 2.65. The van der Waals surface area contributed by atoms with Gasteiger partial charge in [0, 0.05) is 5.69 Å². The van der Waals surface area contributed by atoms with Gasteiger partial charge in [-0.2, -0.15) is 5.10 Å². The Hall–Kier alpha value is -2.96. The molecule has 0 bridgehead atoms. The van der Waals surface area contributed by atoms with Crippen molar-refractivity contribution in [2.45, 2.75) is 33.7 Å². The summed E-state index contributed by atoms with van der Waals surface area (Å²) in [5, 5.41) is 11.5. The minimum atomic E-state index is -0.780. The Kier molecular flexibility index (Phi) is 3.92. The van der Waals surface area contributed by atoms with E-state index in [1.54, 1.807) is 26.8 Å². The molecule has 0 saturated heterocycles. The van der Waals surface area contributed by atoms with Crippen molar-refractivity contribution in [3.63, 3.8) is 0 Å². The molecule has 0 radical (unpaired) electrons. The van der Waals surface area contributed by atoms with Gasteiger partial charge in [0.2, 0.25) is 5.91 Å². The molecule has 0 aliphatic carbocycles. The number of rotatable bonds is 3. The molecule has 3 rings (SSSR count). The highest BCUT2D eigenvalue weighted by Gasteiger charge is 2.22. The molecule has 2 heterocycles. The van der Waals surface area contributed by atoms with E-state index >= 15 is 0 Å². The lowest BCUT2D eigenvalue weighted by Gasteiger charge is -2.15. The van der Waals surface area contributed by atoms with Crippen LogP contribution in [0.25, 0.3) is 10.9 Å². The highest BCUT2D eigenvalue weighted by Crippen LogP contribution is 2.18. The van der Waals surface area contributed by atoms with E-state index in [9.17, 15) is 9.59 Å². The zero-order valence-electron chi connectivity index (χ0n) is 14.0. The molecular weight excluding hydrogens is 308 g/mol. The number of aromatic nitrogens is 3. The molecule has 1 N–H and O–H groups in total. The second-order valence-electron chi connectivity index (χ2n) is 5.83. The van der Waals surface area contributed by atoms with E-state index in [-0.39, 0.29) is 11.4 Å². The number of aryl methyl sites for hydroxylation is 3. The second kappa shape index (κ2) is 5.92. The third-order valence-electron chi connectivity index (χ3n) is 3.92. The first-order chi connectivity index (χ1) is 11.4. The summed E-state index contributed by atoms with van der Waals surface area (Å²) < 4.78 is 6.22. The molecule has 0 saturated carbocycles.